The summed E-state index contributed by atoms with van der Waals surface area (Å²) in [5, 5.41) is 20.5. The zero-order chi connectivity index (χ0) is 63.3. The second-order valence-electron chi connectivity index (χ2n) is 25.7. The van der Waals surface area contributed by atoms with Crippen molar-refractivity contribution in [1.82, 2.24) is 9.13 Å². The first kappa shape index (κ1) is 55.7. The van der Waals surface area contributed by atoms with Crippen molar-refractivity contribution in [2.75, 3.05) is 0 Å². The third kappa shape index (κ3) is 9.24. The maximum atomic E-state index is 2.41. The number of aromatic nitrogens is 2. The van der Waals surface area contributed by atoms with Gasteiger partial charge in [-0.1, -0.05) is 278 Å². The molecule has 0 unspecified atom stereocenters. The molecule has 0 aliphatic rings. The van der Waals surface area contributed by atoms with E-state index in [-0.39, 0.29) is 0 Å². The van der Waals surface area contributed by atoms with Gasteiger partial charge in [0.1, 0.15) is 0 Å². The van der Waals surface area contributed by atoms with Gasteiger partial charge in [0.15, 0.2) is 0 Å². The Balaban J connectivity index is 0.000000140. The lowest BCUT2D eigenvalue weighted by molar-refractivity contribution is 1.18. The lowest BCUT2D eigenvalue weighted by atomic mass is 9.84. The molecule has 2 nitrogen and oxygen atoms in total. The molecule has 446 valence electrons. The van der Waals surface area contributed by atoms with Gasteiger partial charge in [-0.05, 0) is 214 Å². The van der Waals surface area contributed by atoms with Gasteiger partial charge in [-0.25, -0.2) is 0 Å². The van der Waals surface area contributed by atoms with E-state index in [0.29, 0.717) is 0 Å². The summed E-state index contributed by atoms with van der Waals surface area (Å²) in [6, 6.07) is 123. The van der Waals surface area contributed by atoms with E-state index in [1.807, 2.05) is 0 Å². The molecular weight excluding hydrogens is 1150 g/mol. The van der Waals surface area contributed by atoms with Crippen molar-refractivity contribution in [3.63, 3.8) is 0 Å². The van der Waals surface area contributed by atoms with Gasteiger partial charge in [-0.2, -0.15) is 0 Å². The Morgan fingerprint density at radius 1 is 0.179 bits per heavy atom. The van der Waals surface area contributed by atoms with Crippen LogP contribution in [0.5, 0.6) is 0 Å². The zero-order valence-corrected chi connectivity index (χ0v) is 53.1. The fourth-order valence-corrected chi connectivity index (χ4v) is 15.6. The maximum absolute atomic E-state index is 2.41. The summed E-state index contributed by atoms with van der Waals surface area (Å²) in [7, 11) is 0. The fraction of sp³-hybridized carbons (Fsp3) is 0.0323. The highest BCUT2D eigenvalue weighted by atomic mass is 15.0. The average Bonchev–Trinajstić information content (AvgIpc) is 1.68. The van der Waals surface area contributed by atoms with E-state index < -0.39 is 0 Å². The predicted octanol–water partition coefficient (Wildman–Crippen LogP) is 25.7. The van der Waals surface area contributed by atoms with Crippen LogP contribution >= 0.6 is 0 Å². The number of benzene rings is 17. The molecule has 0 radical (unpaired) electrons. The Bertz CT molecular complexity index is 6190. The van der Waals surface area contributed by atoms with E-state index in [1.165, 1.54) is 192 Å². The van der Waals surface area contributed by atoms with E-state index in [9.17, 15) is 0 Å². The van der Waals surface area contributed by atoms with Crippen molar-refractivity contribution in [1.29, 1.82) is 0 Å². The molecule has 0 spiro atoms. The molecule has 95 heavy (non-hydrogen) atoms. The van der Waals surface area contributed by atoms with Crippen LogP contribution in [-0.4, -0.2) is 9.13 Å². The number of fused-ring (bicyclic) bond motifs is 14. The van der Waals surface area contributed by atoms with Crippen LogP contribution in [0.25, 0.3) is 175 Å². The molecular formula is C93H64N2. The lowest BCUT2D eigenvalue weighted by Gasteiger charge is -2.19. The van der Waals surface area contributed by atoms with Crippen LogP contribution in [0.1, 0.15) is 16.7 Å². The topological polar surface area (TPSA) is 9.86 Å². The molecule has 2 aromatic heterocycles. The van der Waals surface area contributed by atoms with Crippen molar-refractivity contribution < 1.29 is 0 Å². The molecule has 0 aliphatic heterocycles. The SMILES string of the molecule is Cc1ccc2c(c1)c1cc(-c3ccc(-c4c5ccccc5c(-c5ccccc5)c5c4ccc4ccccc45)cc3)ccc1n2-c1ccccc1.Cc1ccc2c(c1)c1cc(C)ccc1n2-c1ccc(-c2c3ccccc3c(-c3ccccc3)c3c2ccc2ccccc23)cc1. The third-order valence-electron chi connectivity index (χ3n) is 19.9. The second-order valence-corrected chi connectivity index (χ2v) is 25.7. The molecule has 0 N–H and O–H groups in total. The number of hydrogen-bond donors (Lipinski definition) is 0. The Morgan fingerprint density at radius 2 is 0.484 bits per heavy atom. The maximum Gasteiger partial charge on any atom is 0.0541 e. The van der Waals surface area contributed by atoms with Gasteiger partial charge < -0.3 is 9.13 Å². The fourth-order valence-electron chi connectivity index (χ4n) is 15.6. The van der Waals surface area contributed by atoms with E-state index in [0.717, 1.165) is 0 Å². The number of aryl methyl sites for hydroxylation is 3. The highest BCUT2D eigenvalue weighted by Gasteiger charge is 2.22. The Labute approximate surface area is 552 Å². The van der Waals surface area contributed by atoms with Crippen molar-refractivity contribution in [2.24, 2.45) is 0 Å². The van der Waals surface area contributed by atoms with E-state index >= 15 is 0 Å². The molecule has 0 saturated carbocycles. The predicted molar refractivity (Wildman–Crippen MR) is 408 cm³/mol. The molecule has 2 heteroatoms. The van der Waals surface area contributed by atoms with Gasteiger partial charge in [0.25, 0.3) is 0 Å². The minimum Gasteiger partial charge on any atom is -0.309 e. The van der Waals surface area contributed by atoms with Crippen molar-refractivity contribution in [2.45, 2.75) is 20.8 Å². The summed E-state index contributed by atoms with van der Waals surface area (Å²) < 4.78 is 4.80. The first-order valence-corrected chi connectivity index (χ1v) is 33.0. The van der Waals surface area contributed by atoms with Crippen LogP contribution < -0.4 is 0 Å². The highest BCUT2D eigenvalue weighted by molar-refractivity contribution is 6.29. The molecule has 0 aliphatic carbocycles. The molecule has 0 atom stereocenters. The van der Waals surface area contributed by atoms with Crippen LogP contribution in [0.3, 0.4) is 0 Å². The largest absolute Gasteiger partial charge is 0.309 e. The summed E-state index contributed by atoms with van der Waals surface area (Å²) in [5.74, 6) is 0. The smallest absolute Gasteiger partial charge is 0.0541 e. The van der Waals surface area contributed by atoms with Crippen molar-refractivity contribution >= 4 is 108 Å². The highest BCUT2D eigenvalue weighted by Crippen LogP contribution is 2.49. The number of para-hydroxylation sites is 1. The normalized spacial score (nSPS) is 11.7. The Kier molecular flexibility index (Phi) is 13.3. The first-order valence-electron chi connectivity index (χ1n) is 33.0. The first-order chi connectivity index (χ1) is 46.9. The van der Waals surface area contributed by atoms with Crippen molar-refractivity contribution in [3.05, 3.63) is 350 Å². The Hall–Kier alpha value is -12.1. The molecule has 0 fully saturated rings. The zero-order valence-electron chi connectivity index (χ0n) is 53.1. The minimum atomic E-state index is 1.17. The van der Waals surface area contributed by atoms with Crippen LogP contribution in [0.4, 0.5) is 0 Å². The molecule has 19 rings (SSSR count). The standard InChI is InChI=1S/C49H33N.C44H31N/c1-32-20-28-45-43(30-32)44-31-37(26-29-46(44)50(45)38-15-6-3-7-16-38)33-21-23-36(24-22-33)47-40-18-10-11-19-41(40)48(35-13-4-2-5-14-35)49-39-17-9-8-12-34(39)25-27-42(47)49;1-28-16-24-40-38(26-28)39-27-29(2)17-25-41(39)45(40)33-21-18-32(19-22-33)42-35-14-8-9-15-36(35)43(31-11-4-3-5-12-31)44-34-13-7-6-10-30(34)20-23-37(42)44/h2-31H,1H3;3-27H,1-2H3. The number of hydrogen-bond acceptors (Lipinski definition) is 0. The quantitative estimate of drug-likeness (QED) is 0.111. The lowest BCUT2D eigenvalue weighted by Crippen LogP contribution is -1.95. The van der Waals surface area contributed by atoms with Gasteiger partial charge in [0, 0.05) is 32.9 Å². The van der Waals surface area contributed by atoms with Gasteiger partial charge in [0.05, 0.1) is 22.1 Å². The summed E-state index contributed by atoms with van der Waals surface area (Å²) in [5.41, 5.74) is 23.6. The molecule has 19 aromatic rings. The van der Waals surface area contributed by atoms with E-state index in [2.05, 4.69) is 364 Å². The third-order valence-corrected chi connectivity index (χ3v) is 19.9. The van der Waals surface area contributed by atoms with E-state index in [4.69, 9.17) is 0 Å². The molecule has 17 aromatic carbocycles. The molecule has 2 heterocycles. The average molecular weight is 1210 g/mol. The summed E-state index contributed by atoms with van der Waals surface area (Å²) >= 11 is 0. The van der Waals surface area contributed by atoms with Gasteiger partial charge in [0.2, 0.25) is 0 Å². The van der Waals surface area contributed by atoms with Gasteiger partial charge in [-0.3, -0.25) is 0 Å². The molecule has 0 saturated heterocycles. The monoisotopic (exact) mass is 1210 g/mol. The van der Waals surface area contributed by atoms with Crippen LogP contribution in [0.2, 0.25) is 0 Å². The molecule has 0 bridgehead atoms. The van der Waals surface area contributed by atoms with Crippen molar-refractivity contribution in [3.8, 4) is 67.0 Å². The summed E-state index contributed by atoms with van der Waals surface area (Å²) in [4.78, 5) is 0. The number of rotatable bonds is 7. The second kappa shape index (κ2) is 22.6. The van der Waals surface area contributed by atoms with Gasteiger partial charge in [-0.15, -0.1) is 0 Å². The van der Waals surface area contributed by atoms with Crippen LogP contribution in [0.15, 0.2) is 334 Å². The van der Waals surface area contributed by atoms with Gasteiger partial charge >= 0.3 is 0 Å². The summed E-state index contributed by atoms with van der Waals surface area (Å²) in [6.07, 6.45) is 0. The number of nitrogens with zero attached hydrogens (tertiary/aromatic N) is 2. The minimum absolute atomic E-state index is 1.17. The van der Waals surface area contributed by atoms with Crippen LogP contribution in [-0.2, 0) is 0 Å². The van der Waals surface area contributed by atoms with Crippen LogP contribution in [0, 0.1) is 20.8 Å². The van der Waals surface area contributed by atoms with E-state index in [1.54, 1.807) is 0 Å². The summed E-state index contributed by atoms with van der Waals surface area (Å²) in [6.45, 7) is 6.53. The molecule has 0 amide bonds. The Morgan fingerprint density at radius 3 is 0.916 bits per heavy atom.